The number of anilines is 1. The van der Waals surface area contributed by atoms with Crippen LogP contribution in [0.15, 0.2) is 12.1 Å². The Bertz CT molecular complexity index is 397. The van der Waals surface area contributed by atoms with E-state index in [9.17, 15) is 4.79 Å². The van der Waals surface area contributed by atoms with Gasteiger partial charge in [-0.1, -0.05) is 12.8 Å². The second-order valence-corrected chi connectivity index (χ2v) is 4.48. The fraction of sp³-hybridized carbons (Fsp3) is 0.545. The number of primary amides is 1. The molecule has 92 valence electrons. The Hall–Kier alpha value is -1.69. The van der Waals surface area contributed by atoms with Crippen molar-refractivity contribution >= 4 is 11.7 Å². The van der Waals surface area contributed by atoms with Crippen LogP contribution in [-0.4, -0.2) is 28.2 Å². The van der Waals surface area contributed by atoms with E-state index in [1.807, 2.05) is 0 Å². The minimum absolute atomic E-state index is 0.0665. The van der Waals surface area contributed by atoms with Crippen LogP contribution in [0.3, 0.4) is 0 Å². The van der Waals surface area contributed by atoms with Crippen LogP contribution in [0.1, 0.15) is 36.2 Å². The topological polar surface area (TPSA) is 107 Å². The van der Waals surface area contributed by atoms with Gasteiger partial charge in [-0.2, -0.15) is 0 Å². The van der Waals surface area contributed by atoms with Crippen LogP contribution >= 0.6 is 0 Å². The Morgan fingerprint density at radius 1 is 1.35 bits per heavy atom. The highest BCUT2D eigenvalue weighted by Crippen LogP contribution is 2.31. The van der Waals surface area contributed by atoms with E-state index in [1.165, 1.54) is 12.8 Å². The molecule has 1 amide bonds. The van der Waals surface area contributed by atoms with Gasteiger partial charge in [-0.3, -0.25) is 4.79 Å². The van der Waals surface area contributed by atoms with Crippen LogP contribution in [0, 0.1) is 0 Å². The lowest BCUT2D eigenvalue weighted by Crippen LogP contribution is -2.43. The predicted octanol–water partition coefficient (Wildman–Crippen LogP) is 0.259. The zero-order valence-electron chi connectivity index (χ0n) is 9.65. The number of hydrogen-bond donors (Lipinski definition) is 3. The molecule has 0 atom stereocenters. The molecule has 17 heavy (non-hydrogen) atoms. The summed E-state index contributed by atoms with van der Waals surface area (Å²) in [6.07, 6.45) is 4.44. The first-order valence-electron chi connectivity index (χ1n) is 5.77. The Morgan fingerprint density at radius 3 is 2.53 bits per heavy atom. The Labute approximate surface area is 99.8 Å². The number of aromatic nitrogens is 2. The molecule has 0 aliphatic heterocycles. The van der Waals surface area contributed by atoms with Crippen LogP contribution in [0.5, 0.6) is 0 Å². The second kappa shape index (κ2) is 4.67. The van der Waals surface area contributed by atoms with E-state index in [0.717, 1.165) is 12.8 Å². The van der Waals surface area contributed by atoms with E-state index in [4.69, 9.17) is 11.5 Å². The number of nitrogens with zero attached hydrogens (tertiary/aromatic N) is 2. The van der Waals surface area contributed by atoms with Crippen molar-refractivity contribution in [2.45, 2.75) is 31.2 Å². The summed E-state index contributed by atoms with van der Waals surface area (Å²) in [5.41, 5.74) is 11.0. The number of amides is 1. The quantitative estimate of drug-likeness (QED) is 0.694. The van der Waals surface area contributed by atoms with Crippen molar-refractivity contribution in [2.24, 2.45) is 11.5 Å². The van der Waals surface area contributed by atoms with E-state index >= 15 is 0 Å². The van der Waals surface area contributed by atoms with E-state index < -0.39 is 5.91 Å². The molecule has 1 fully saturated rings. The maximum atomic E-state index is 10.9. The summed E-state index contributed by atoms with van der Waals surface area (Å²) >= 11 is 0. The minimum Gasteiger partial charge on any atom is -0.364 e. The van der Waals surface area contributed by atoms with Crippen molar-refractivity contribution in [3.8, 4) is 0 Å². The lowest BCUT2D eigenvalue weighted by molar-refractivity contribution is 0.0994. The van der Waals surface area contributed by atoms with Gasteiger partial charge < -0.3 is 16.8 Å². The molecule has 1 saturated carbocycles. The first-order valence-corrected chi connectivity index (χ1v) is 5.77. The average molecular weight is 235 g/mol. The predicted molar refractivity (Wildman–Crippen MR) is 64.4 cm³/mol. The molecule has 0 unspecified atom stereocenters. The van der Waals surface area contributed by atoms with E-state index in [1.54, 1.807) is 12.1 Å². The summed E-state index contributed by atoms with van der Waals surface area (Å²) in [6.45, 7) is 0.576. The van der Waals surface area contributed by atoms with Gasteiger partial charge in [0.25, 0.3) is 5.91 Å². The van der Waals surface area contributed by atoms with Gasteiger partial charge in [-0.15, -0.1) is 10.2 Å². The molecule has 6 heteroatoms. The molecule has 0 aromatic carbocycles. The maximum Gasteiger partial charge on any atom is 0.269 e. The van der Waals surface area contributed by atoms with E-state index in [-0.39, 0.29) is 11.2 Å². The van der Waals surface area contributed by atoms with Crippen LogP contribution in [0.4, 0.5) is 5.82 Å². The van der Waals surface area contributed by atoms with Gasteiger partial charge in [-0.25, -0.2) is 0 Å². The van der Waals surface area contributed by atoms with Crippen LogP contribution in [0.2, 0.25) is 0 Å². The highest BCUT2D eigenvalue weighted by Gasteiger charge is 2.32. The summed E-state index contributed by atoms with van der Waals surface area (Å²) < 4.78 is 0. The fourth-order valence-electron chi connectivity index (χ4n) is 2.23. The van der Waals surface area contributed by atoms with Gasteiger partial charge in [0, 0.05) is 6.54 Å². The van der Waals surface area contributed by atoms with Crippen molar-refractivity contribution in [3.63, 3.8) is 0 Å². The standard InChI is InChI=1S/C11H17N5O/c12-7-11(5-1-2-6-11)14-9-4-3-8(10(13)17)15-16-9/h3-4H,1-2,5-7,12H2,(H2,13,17)(H,14,16). The lowest BCUT2D eigenvalue weighted by atomic mass is 9.98. The lowest BCUT2D eigenvalue weighted by Gasteiger charge is -2.28. The number of rotatable bonds is 4. The van der Waals surface area contributed by atoms with Gasteiger partial charge in [0.1, 0.15) is 5.82 Å². The number of hydrogen-bond acceptors (Lipinski definition) is 5. The molecule has 0 bridgehead atoms. The maximum absolute atomic E-state index is 10.9. The molecular weight excluding hydrogens is 218 g/mol. The monoisotopic (exact) mass is 235 g/mol. The summed E-state index contributed by atoms with van der Waals surface area (Å²) in [5, 5.41) is 11.0. The zero-order valence-corrected chi connectivity index (χ0v) is 9.65. The first kappa shape index (κ1) is 11.8. The molecule has 0 radical (unpaired) electrons. The Balaban J connectivity index is 2.10. The van der Waals surface area contributed by atoms with E-state index in [2.05, 4.69) is 15.5 Å². The molecule has 5 N–H and O–H groups in total. The third kappa shape index (κ3) is 2.52. The van der Waals surface area contributed by atoms with Crippen LogP contribution in [0.25, 0.3) is 0 Å². The Kier molecular flexibility index (Phi) is 3.23. The zero-order chi connectivity index (χ0) is 12.3. The highest BCUT2D eigenvalue weighted by molar-refractivity contribution is 5.90. The molecule has 1 aliphatic carbocycles. The summed E-state index contributed by atoms with van der Waals surface area (Å²) in [5.74, 6) is 0.0702. The molecule has 6 nitrogen and oxygen atoms in total. The van der Waals surface area contributed by atoms with Crippen LogP contribution < -0.4 is 16.8 Å². The molecule has 1 aliphatic rings. The number of carbonyl (C=O) groups is 1. The summed E-state index contributed by atoms with van der Waals surface area (Å²) in [6, 6.07) is 3.28. The third-order valence-electron chi connectivity index (χ3n) is 3.26. The molecule has 0 spiro atoms. The normalized spacial score (nSPS) is 17.9. The molecule has 2 rings (SSSR count). The first-order chi connectivity index (χ1) is 8.15. The van der Waals surface area contributed by atoms with Gasteiger partial charge in [0.15, 0.2) is 5.69 Å². The summed E-state index contributed by atoms with van der Waals surface area (Å²) in [7, 11) is 0. The number of nitrogens with one attached hydrogen (secondary N) is 1. The van der Waals surface area contributed by atoms with Gasteiger partial charge in [-0.05, 0) is 25.0 Å². The van der Waals surface area contributed by atoms with Crippen molar-refractivity contribution in [1.82, 2.24) is 10.2 Å². The minimum atomic E-state index is -0.571. The van der Waals surface area contributed by atoms with Gasteiger partial charge in [0.05, 0.1) is 5.54 Å². The largest absolute Gasteiger partial charge is 0.364 e. The molecular formula is C11H17N5O. The fourth-order valence-corrected chi connectivity index (χ4v) is 2.23. The number of carbonyl (C=O) groups excluding carboxylic acids is 1. The van der Waals surface area contributed by atoms with Crippen molar-refractivity contribution in [3.05, 3.63) is 17.8 Å². The number of nitrogens with two attached hydrogens (primary N) is 2. The molecule has 0 saturated heterocycles. The smallest absolute Gasteiger partial charge is 0.269 e. The molecule has 1 aromatic rings. The van der Waals surface area contributed by atoms with Crippen molar-refractivity contribution in [2.75, 3.05) is 11.9 Å². The van der Waals surface area contributed by atoms with Gasteiger partial charge in [0.2, 0.25) is 0 Å². The van der Waals surface area contributed by atoms with Crippen molar-refractivity contribution in [1.29, 1.82) is 0 Å². The Morgan fingerprint density at radius 2 is 2.06 bits per heavy atom. The summed E-state index contributed by atoms with van der Waals surface area (Å²) in [4.78, 5) is 10.9. The highest BCUT2D eigenvalue weighted by atomic mass is 16.1. The second-order valence-electron chi connectivity index (χ2n) is 4.48. The van der Waals surface area contributed by atoms with E-state index in [0.29, 0.717) is 12.4 Å². The molecule has 1 heterocycles. The third-order valence-corrected chi connectivity index (χ3v) is 3.26. The molecule has 1 aromatic heterocycles. The SMILES string of the molecule is NCC1(Nc2ccc(C(N)=O)nn2)CCCC1. The van der Waals surface area contributed by atoms with Gasteiger partial charge >= 0.3 is 0 Å². The van der Waals surface area contributed by atoms with Crippen molar-refractivity contribution < 1.29 is 4.79 Å². The van der Waals surface area contributed by atoms with Crippen LogP contribution in [-0.2, 0) is 0 Å². The average Bonchev–Trinajstić information content (AvgIpc) is 2.79.